The molecule has 0 aliphatic rings. The predicted octanol–water partition coefficient (Wildman–Crippen LogP) is 4.95. The van der Waals surface area contributed by atoms with Crippen molar-refractivity contribution in [3.8, 4) is 11.4 Å². The van der Waals surface area contributed by atoms with Crippen molar-refractivity contribution in [2.24, 2.45) is 7.05 Å². The number of benzene rings is 3. The Hall–Kier alpha value is -3.45. The number of hydrogen-bond acceptors (Lipinski definition) is 4. The normalized spacial score (nSPS) is 10.8. The largest absolute Gasteiger partial charge is 0.307 e. The lowest BCUT2D eigenvalue weighted by molar-refractivity contribution is -0.116. The summed E-state index contributed by atoms with van der Waals surface area (Å²) in [5.74, 6) is 0.210. The van der Waals surface area contributed by atoms with E-state index in [0.29, 0.717) is 23.1 Å². The average molecular weight is 433 g/mol. The summed E-state index contributed by atoms with van der Waals surface area (Å²) in [6, 6.07) is 25.9. The molecular weight excluding hydrogens is 411 g/mol. The van der Waals surface area contributed by atoms with Crippen LogP contribution in [0.3, 0.4) is 0 Å². The van der Waals surface area contributed by atoms with Crippen LogP contribution in [0.15, 0.2) is 90.1 Å². The van der Waals surface area contributed by atoms with E-state index < -0.39 is 0 Å². The van der Waals surface area contributed by atoms with Gasteiger partial charge in [-0.3, -0.25) is 4.79 Å². The minimum atomic E-state index is -0.358. The lowest BCUT2D eigenvalue weighted by Crippen LogP contribution is -2.32. The number of carbonyl (C=O) groups excluding carboxylic acids is 1. The fourth-order valence-electron chi connectivity index (χ4n) is 3.22. The zero-order valence-electron chi connectivity index (χ0n) is 17.0. The number of aromatic nitrogens is 3. The smallest absolute Gasteiger partial charge is 0.237 e. The first-order valence-corrected chi connectivity index (χ1v) is 10.8. The van der Waals surface area contributed by atoms with Crippen LogP contribution in [0.2, 0.25) is 0 Å². The van der Waals surface area contributed by atoms with E-state index in [9.17, 15) is 9.18 Å². The van der Waals surface area contributed by atoms with Crippen molar-refractivity contribution in [2.75, 3.05) is 10.7 Å². The Morgan fingerprint density at radius 2 is 1.58 bits per heavy atom. The third kappa shape index (κ3) is 4.83. The van der Waals surface area contributed by atoms with Gasteiger partial charge in [-0.1, -0.05) is 72.4 Å². The van der Waals surface area contributed by atoms with Crippen LogP contribution in [-0.2, 0) is 18.4 Å². The van der Waals surface area contributed by atoms with E-state index in [4.69, 9.17) is 0 Å². The van der Waals surface area contributed by atoms with Gasteiger partial charge >= 0.3 is 0 Å². The first-order valence-electron chi connectivity index (χ1n) is 9.80. The van der Waals surface area contributed by atoms with E-state index >= 15 is 0 Å². The zero-order valence-corrected chi connectivity index (χ0v) is 17.8. The van der Waals surface area contributed by atoms with Gasteiger partial charge in [0.25, 0.3) is 0 Å². The molecule has 156 valence electrons. The minimum Gasteiger partial charge on any atom is -0.307 e. The topological polar surface area (TPSA) is 51.0 Å². The van der Waals surface area contributed by atoms with Crippen LogP contribution in [0, 0.1) is 5.82 Å². The fourth-order valence-corrected chi connectivity index (χ4v) is 4.01. The molecule has 0 radical (unpaired) electrons. The molecule has 4 aromatic rings. The SMILES string of the molecule is Cn1c(SCC(=O)N(Cc2ccccc2)c2ccccc2)nnc1-c1ccccc1F. The van der Waals surface area contributed by atoms with Gasteiger partial charge in [0.15, 0.2) is 11.0 Å². The molecule has 0 fully saturated rings. The molecule has 31 heavy (non-hydrogen) atoms. The number of para-hydroxylation sites is 1. The standard InChI is InChI=1S/C24H21FN4OS/c1-28-23(20-14-8-9-15-21(20)25)26-27-24(28)31-17-22(30)29(19-12-6-3-7-13-19)16-18-10-4-2-5-11-18/h2-15H,16-17H2,1H3. The van der Waals surface area contributed by atoms with Gasteiger partial charge in [-0.05, 0) is 29.8 Å². The molecular formula is C24H21FN4OS. The second kappa shape index (κ2) is 9.57. The molecule has 7 heteroatoms. The van der Waals surface area contributed by atoms with Gasteiger partial charge in [0, 0.05) is 12.7 Å². The van der Waals surface area contributed by atoms with Gasteiger partial charge in [0.1, 0.15) is 5.82 Å². The van der Waals surface area contributed by atoms with E-state index in [0.717, 1.165) is 11.3 Å². The number of rotatable bonds is 7. The third-order valence-electron chi connectivity index (χ3n) is 4.83. The second-order valence-corrected chi connectivity index (χ2v) is 7.88. The Bertz CT molecular complexity index is 1160. The van der Waals surface area contributed by atoms with Crippen molar-refractivity contribution in [1.82, 2.24) is 14.8 Å². The molecule has 0 saturated heterocycles. The number of amides is 1. The summed E-state index contributed by atoms with van der Waals surface area (Å²) in [7, 11) is 1.77. The Morgan fingerprint density at radius 1 is 0.935 bits per heavy atom. The molecule has 0 bridgehead atoms. The number of carbonyl (C=O) groups is 1. The summed E-state index contributed by atoms with van der Waals surface area (Å²) in [6.45, 7) is 0.476. The summed E-state index contributed by atoms with van der Waals surface area (Å²) in [5, 5.41) is 8.84. The van der Waals surface area contributed by atoms with Crippen molar-refractivity contribution in [2.45, 2.75) is 11.7 Å². The van der Waals surface area contributed by atoms with Crippen molar-refractivity contribution in [3.05, 3.63) is 96.3 Å². The predicted molar refractivity (Wildman–Crippen MR) is 121 cm³/mol. The molecule has 0 unspecified atom stereocenters. The fraction of sp³-hybridized carbons (Fsp3) is 0.125. The molecule has 0 atom stereocenters. The molecule has 4 rings (SSSR count). The van der Waals surface area contributed by atoms with E-state index in [1.807, 2.05) is 60.7 Å². The molecule has 1 aromatic heterocycles. The first-order chi connectivity index (χ1) is 15.1. The molecule has 5 nitrogen and oxygen atoms in total. The number of halogens is 1. The van der Waals surface area contributed by atoms with E-state index in [-0.39, 0.29) is 17.5 Å². The molecule has 0 aliphatic carbocycles. The Morgan fingerprint density at radius 3 is 2.29 bits per heavy atom. The number of nitrogens with zero attached hydrogens (tertiary/aromatic N) is 4. The maximum atomic E-state index is 14.1. The van der Waals surface area contributed by atoms with Crippen molar-refractivity contribution in [1.29, 1.82) is 0 Å². The molecule has 0 spiro atoms. The lowest BCUT2D eigenvalue weighted by Gasteiger charge is -2.23. The summed E-state index contributed by atoms with van der Waals surface area (Å²) in [6.07, 6.45) is 0. The van der Waals surface area contributed by atoms with Crippen LogP contribution >= 0.6 is 11.8 Å². The van der Waals surface area contributed by atoms with Crippen LogP contribution < -0.4 is 4.90 Å². The zero-order chi connectivity index (χ0) is 21.6. The van der Waals surface area contributed by atoms with Gasteiger partial charge in [-0.25, -0.2) is 4.39 Å². The van der Waals surface area contributed by atoms with Crippen LogP contribution in [-0.4, -0.2) is 26.4 Å². The summed E-state index contributed by atoms with van der Waals surface area (Å²) in [4.78, 5) is 14.9. The van der Waals surface area contributed by atoms with Crippen LogP contribution in [0.25, 0.3) is 11.4 Å². The van der Waals surface area contributed by atoms with E-state index in [2.05, 4.69) is 10.2 Å². The van der Waals surface area contributed by atoms with Crippen LogP contribution in [0.4, 0.5) is 10.1 Å². The molecule has 0 aliphatic heterocycles. The van der Waals surface area contributed by atoms with Gasteiger partial charge in [0.2, 0.25) is 5.91 Å². The van der Waals surface area contributed by atoms with Crippen molar-refractivity contribution >= 4 is 23.4 Å². The third-order valence-corrected chi connectivity index (χ3v) is 5.83. The Balaban J connectivity index is 1.51. The van der Waals surface area contributed by atoms with Gasteiger partial charge in [-0.2, -0.15) is 0 Å². The summed E-state index contributed by atoms with van der Waals surface area (Å²) in [5.41, 5.74) is 2.26. The average Bonchev–Trinajstić information content (AvgIpc) is 3.17. The number of thioether (sulfide) groups is 1. The minimum absolute atomic E-state index is 0.0458. The molecule has 3 aromatic carbocycles. The number of anilines is 1. The first kappa shape index (κ1) is 20.8. The highest BCUT2D eigenvalue weighted by Gasteiger charge is 2.19. The maximum absolute atomic E-state index is 14.1. The highest BCUT2D eigenvalue weighted by molar-refractivity contribution is 7.99. The quantitative estimate of drug-likeness (QED) is 0.388. The second-order valence-electron chi connectivity index (χ2n) is 6.93. The monoisotopic (exact) mass is 432 g/mol. The Kier molecular flexibility index (Phi) is 6.43. The van der Waals surface area contributed by atoms with Crippen LogP contribution in [0.5, 0.6) is 0 Å². The lowest BCUT2D eigenvalue weighted by atomic mass is 10.2. The summed E-state index contributed by atoms with van der Waals surface area (Å²) >= 11 is 1.29. The highest BCUT2D eigenvalue weighted by atomic mass is 32.2. The highest BCUT2D eigenvalue weighted by Crippen LogP contribution is 2.26. The molecule has 0 N–H and O–H groups in total. The Labute approximate surface area is 184 Å². The van der Waals surface area contributed by atoms with Gasteiger partial charge < -0.3 is 9.47 Å². The molecule has 0 saturated carbocycles. The van der Waals surface area contributed by atoms with Crippen molar-refractivity contribution < 1.29 is 9.18 Å². The van der Waals surface area contributed by atoms with Gasteiger partial charge in [-0.15, -0.1) is 10.2 Å². The van der Waals surface area contributed by atoms with E-state index in [1.54, 1.807) is 34.7 Å². The summed E-state index contributed by atoms with van der Waals surface area (Å²) < 4.78 is 15.8. The van der Waals surface area contributed by atoms with Gasteiger partial charge in [0.05, 0.1) is 17.9 Å². The van der Waals surface area contributed by atoms with E-state index in [1.165, 1.54) is 17.8 Å². The molecule has 1 amide bonds. The van der Waals surface area contributed by atoms with Crippen LogP contribution in [0.1, 0.15) is 5.56 Å². The molecule has 1 heterocycles. The number of hydrogen-bond donors (Lipinski definition) is 0. The maximum Gasteiger partial charge on any atom is 0.237 e. The van der Waals surface area contributed by atoms with Crippen molar-refractivity contribution in [3.63, 3.8) is 0 Å².